The molecule has 4 fully saturated rings. The van der Waals surface area contributed by atoms with Crippen molar-refractivity contribution < 1.29 is 0 Å². The van der Waals surface area contributed by atoms with Gasteiger partial charge in [0.25, 0.3) is 0 Å². The summed E-state index contributed by atoms with van der Waals surface area (Å²) in [5.74, 6) is 6.10. The van der Waals surface area contributed by atoms with E-state index in [2.05, 4.69) is 36.1 Å². The van der Waals surface area contributed by atoms with E-state index in [-0.39, 0.29) is 0 Å². The molecule has 4 saturated carbocycles. The van der Waals surface area contributed by atoms with E-state index in [0.29, 0.717) is 5.92 Å². The lowest BCUT2D eigenvalue weighted by Crippen LogP contribution is -2.49. The lowest BCUT2D eigenvalue weighted by atomic mass is 9.52. The van der Waals surface area contributed by atoms with E-state index in [0.717, 1.165) is 29.6 Å². The van der Waals surface area contributed by atoms with Crippen molar-refractivity contribution in [2.75, 3.05) is 13.1 Å². The van der Waals surface area contributed by atoms with Crippen molar-refractivity contribution in [3.05, 3.63) is 35.4 Å². The Bertz CT molecular complexity index is 535. The van der Waals surface area contributed by atoms with Gasteiger partial charge >= 0.3 is 0 Å². The largest absolute Gasteiger partial charge is 0.298 e. The van der Waals surface area contributed by atoms with Crippen molar-refractivity contribution >= 4 is 0 Å². The quantitative estimate of drug-likeness (QED) is 0.766. The van der Waals surface area contributed by atoms with E-state index in [9.17, 15) is 0 Å². The van der Waals surface area contributed by atoms with Crippen molar-refractivity contribution in [2.24, 2.45) is 29.6 Å². The van der Waals surface area contributed by atoms with Gasteiger partial charge in [-0.25, -0.2) is 0 Å². The van der Waals surface area contributed by atoms with E-state index in [1.165, 1.54) is 19.6 Å². The molecule has 1 unspecified atom stereocenters. The van der Waals surface area contributed by atoms with E-state index < -0.39 is 0 Å². The highest BCUT2D eigenvalue weighted by molar-refractivity contribution is 5.32. The van der Waals surface area contributed by atoms with Crippen LogP contribution >= 0.6 is 0 Å². The van der Waals surface area contributed by atoms with E-state index in [4.69, 9.17) is 0 Å². The molecule has 1 aliphatic heterocycles. The lowest BCUT2D eigenvalue weighted by molar-refractivity contribution is -0.0510. The second kappa shape index (κ2) is 5.09. The summed E-state index contributed by atoms with van der Waals surface area (Å²) < 4.78 is 0. The molecular weight excluding hydrogens is 266 g/mol. The topological polar surface area (TPSA) is 3.24 Å². The van der Waals surface area contributed by atoms with Crippen molar-refractivity contribution in [1.29, 1.82) is 0 Å². The Balaban J connectivity index is 1.33. The Hall–Kier alpha value is -0.820. The number of nitrogens with zero attached hydrogens (tertiary/aromatic N) is 1. The maximum absolute atomic E-state index is 2.79. The zero-order chi connectivity index (χ0) is 14.7. The molecule has 1 heterocycles. The van der Waals surface area contributed by atoms with Gasteiger partial charge in [-0.2, -0.15) is 0 Å². The summed E-state index contributed by atoms with van der Waals surface area (Å²) in [5, 5.41) is 0. The van der Waals surface area contributed by atoms with Crippen molar-refractivity contribution in [3.8, 4) is 0 Å². The van der Waals surface area contributed by atoms with Crippen LogP contribution in [0.15, 0.2) is 24.3 Å². The highest BCUT2D eigenvalue weighted by Gasteiger charge is 2.48. The first-order valence-corrected chi connectivity index (χ1v) is 9.56. The van der Waals surface area contributed by atoms with Gasteiger partial charge in [-0.05, 0) is 78.7 Å². The summed E-state index contributed by atoms with van der Waals surface area (Å²) in [5.41, 5.74) is 3.19. The van der Waals surface area contributed by atoms with Crippen LogP contribution in [-0.4, -0.2) is 18.0 Å². The molecule has 1 aromatic rings. The van der Waals surface area contributed by atoms with Crippen LogP contribution in [0.5, 0.6) is 0 Å². The predicted octanol–water partition coefficient (Wildman–Crippen LogP) is 4.68. The van der Waals surface area contributed by atoms with Gasteiger partial charge in [0.1, 0.15) is 0 Å². The molecule has 22 heavy (non-hydrogen) atoms. The van der Waals surface area contributed by atoms with Gasteiger partial charge in [-0.15, -0.1) is 0 Å². The Morgan fingerprint density at radius 1 is 0.955 bits per heavy atom. The smallest absolute Gasteiger partial charge is 0.0236 e. The van der Waals surface area contributed by atoms with Crippen LogP contribution < -0.4 is 0 Å². The van der Waals surface area contributed by atoms with Crippen LogP contribution in [0.3, 0.4) is 0 Å². The minimum absolute atomic E-state index is 0.710. The first-order valence-electron chi connectivity index (χ1n) is 9.56. The molecule has 6 rings (SSSR count). The molecule has 0 saturated heterocycles. The molecule has 0 N–H and O–H groups in total. The predicted molar refractivity (Wildman–Crippen MR) is 90.7 cm³/mol. The summed E-state index contributed by atoms with van der Waals surface area (Å²) in [7, 11) is 0. The van der Waals surface area contributed by atoms with Gasteiger partial charge in [-0.1, -0.05) is 31.2 Å². The fourth-order valence-corrected chi connectivity index (χ4v) is 6.72. The molecule has 0 radical (unpaired) electrons. The average Bonchev–Trinajstić information content (AvgIpc) is 2.50. The highest BCUT2D eigenvalue weighted by Crippen LogP contribution is 2.56. The standard InChI is InChI=1S/C21H29N/c1-14-11-22(12-17-4-2-3-5-20(14)17)13-21-18-7-15-6-16(9-18)10-19(21)8-15/h2-5,14-16,18-19,21H,6-13H2,1H3. The van der Waals surface area contributed by atoms with Gasteiger partial charge in [0.2, 0.25) is 0 Å². The average molecular weight is 295 g/mol. The molecule has 5 aliphatic rings. The van der Waals surface area contributed by atoms with Crippen molar-refractivity contribution in [1.82, 2.24) is 4.90 Å². The summed E-state index contributed by atoms with van der Waals surface area (Å²) in [4.78, 5) is 2.79. The normalized spacial score (nSPS) is 43.3. The summed E-state index contributed by atoms with van der Waals surface area (Å²) in [6, 6.07) is 9.13. The van der Waals surface area contributed by atoms with Crippen LogP contribution in [0.1, 0.15) is 56.1 Å². The fourth-order valence-electron chi connectivity index (χ4n) is 6.72. The number of fused-ring (bicyclic) bond motifs is 1. The Morgan fingerprint density at radius 3 is 2.36 bits per heavy atom. The van der Waals surface area contributed by atoms with Gasteiger partial charge in [0, 0.05) is 19.6 Å². The van der Waals surface area contributed by atoms with Gasteiger partial charge in [-0.3, -0.25) is 4.90 Å². The van der Waals surface area contributed by atoms with Gasteiger partial charge in [0.05, 0.1) is 0 Å². The zero-order valence-corrected chi connectivity index (χ0v) is 13.9. The Morgan fingerprint density at radius 2 is 1.64 bits per heavy atom. The van der Waals surface area contributed by atoms with Crippen LogP contribution in [0.4, 0.5) is 0 Å². The molecule has 1 atom stereocenters. The second-order valence-electron chi connectivity index (χ2n) is 8.89. The molecule has 4 bridgehead atoms. The molecule has 0 aromatic heterocycles. The molecule has 4 aliphatic carbocycles. The SMILES string of the molecule is CC1CN(CC2C3CC4CC(C3)CC2C4)Cc2ccccc21. The summed E-state index contributed by atoms with van der Waals surface area (Å²) >= 11 is 0. The lowest BCUT2D eigenvalue weighted by Gasteiger charge is -2.55. The Kier molecular flexibility index (Phi) is 3.15. The van der Waals surface area contributed by atoms with Crippen LogP contribution in [0.25, 0.3) is 0 Å². The molecule has 0 amide bonds. The third kappa shape index (κ3) is 2.16. The van der Waals surface area contributed by atoms with Crippen molar-refractivity contribution in [2.45, 2.75) is 51.5 Å². The summed E-state index contributed by atoms with van der Waals surface area (Å²) in [6.45, 7) is 6.28. The third-order valence-corrected chi connectivity index (χ3v) is 7.40. The molecule has 1 nitrogen and oxygen atoms in total. The fraction of sp³-hybridized carbons (Fsp3) is 0.714. The minimum atomic E-state index is 0.710. The van der Waals surface area contributed by atoms with E-state index in [1.807, 2.05) is 0 Å². The number of hydrogen-bond donors (Lipinski definition) is 0. The Labute approximate surface area is 135 Å². The first kappa shape index (κ1) is 13.6. The third-order valence-electron chi connectivity index (χ3n) is 7.40. The molecule has 118 valence electrons. The van der Waals surface area contributed by atoms with E-state index >= 15 is 0 Å². The number of hydrogen-bond acceptors (Lipinski definition) is 1. The highest BCUT2D eigenvalue weighted by atomic mass is 15.1. The second-order valence-corrected chi connectivity index (χ2v) is 8.89. The van der Waals surface area contributed by atoms with Crippen LogP contribution in [0.2, 0.25) is 0 Å². The van der Waals surface area contributed by atoms with Gasteiger partial charge < -0.3 is 0 Å². The molecule has 0 spiro atoms. The maximum Gasteiger partial charge on any atom is 0.0236 e. The molecule has 1 heteroatoms. The number of benzene rings is 1. The van der Waals surface area contributed by atoms with Crippen LogP contribution in [-0.2, 0) is 6.54 Å². The monoisotopic (exact) mass is 295 g/mol. The van der Waals surface area contributed by atoms with Crippen molar-refractivity contribution in [3.63, 3.8) is 0 Å². The van der Waals surface area contributed by atoms with E-state index in [1.54, 1.807) is 43.2 Å². The summed E-state index contributed by atoms with van der Waals surface area (Å²) in [6.07, 6.45) is 7.85. The van der Waals surface area contributed by atoms with Crippen LogP contribution in [0, 0.1) is 29.6 Å². The molecule has 1 aromatic carbocycles. The minimum Gasteiger partial charge on any atom is -0.298 e. The number of rotatable bonds is 2. The maximum atomic E-state index is 2.79. The molecular formula is C21H29N. The first-order chi connectivity index (χ1) is 10.8. The zero-order valence-electron chi connectivity index (χ0n) is 13.9. The van der Waals surface area contributed by atoms with Gasteiger partial charge in [0.15, 0.2) is 0 Å².